The molecule has 0 aliphatic heterocycles. The third-order valence-electron chi connectivity index (χ3n) is 3.35. The van der Waals surface area contributed by atoms with Crippen LogP contribution in [0.4, 0.5) is 0 Å². The number of amides is 1. The van der Waals surface area contributed by atoms with E-state index in [1.165, 1.54) is 0 Å². The van der Waals surface area contributed by atoms with Crippen LogP contribution in [0, 0.1) is 16.7 Å². The summed E-state index contributed by atoms with van der Waals surface area (Å²) in [6.45, 7) is 2.39. The fourth-order valence-electron chi connectivity index (χ4n) is 1.87. The zero-order valence-corrected chi connectivity index (χ0v) is 9.25. The number of carbonyl (C=O) groups is 1. The number of hydrogen-bond acceptors (Lipinski definition) is 3. The highest BCUT2D eigenvalue weighted by Crippen LogP contribution is 2.40. The summed E-state index contributed by atoms with van der Waals surface area (Å²) in [7, 11) is 0. The molecule has 1 aliphatic carbocycles. The van der Waals surface area contributed by atoms with Gasteiger partial charge in [0.15, 0.2) is 0 Å². The minimum atomic E-state index is -0.330. The van der Waals surface area contributed by atoms with Crippen molar-refractivity contribution in [3.05, 3.63) is 0 Å². The molecule has 0 aromatic rings. The van der Waals surface area contributed by atoms with Crippen molar-refractivity contribution in [1.29, 1.82) is 5.26 Å². The van der Waals surface area contributed by atoms with E-state index in [1.54, 1.807) is 0 Å². The molecule has 0 saturated heterocycles. The van der Waals surface area contributed by atoms with E-state index in [4.69, 9.17) is 11.0 Å². The molecule has 1 atom stereocenters. The summed E-state index contributed by atoms with van der Waals surface area (Å²) < 4.78 is 0. The van der Waals surface area contributed by atoms with Crippen LogP contribution in [0.1, 0.15) is 39.0 Å². The van der Waals surface area contributed by atoms with Gasteiger partial charge in [-0.1, -0.05) is 13.3 Å². The van der Waals surface area contributed by atoms with Crippen molar-refractivity contribution in [2.45, 2.75) is 45.1 Å². The van der Waals surface area contributed by atoms with Crippen molar-refractivity contribution in [1.82, 2.24) is 5.32 Å². The molecule has 0 aromatic carbocycles. The van der Waals surface area contributed by atoms with Crippen LogP contribution in [0.3, 0.4) is 0 Å². The topological polar surface area (TPSA) is 78.9 Å². The molecule has 15 heavy (non-hydrogen) atoms. The lowest BCUT2D eigenvalue weighted by Gasteiger charge is -2.39. The number of rotatable bonds is 5. The molecule has 1 fully saturated rings. The van der Waals surface area contributed by atoms with E-state index in [2.05, 4.69) is 11.4 Å². The van der Waals surface area contributed by atoms with Gasteiger partial charge in [-0.3, -0.25) is 4.79 Å². The van der Waals surface area contributed by atoms with Crippen molar-refractivity contribution < 1.29 is 4.79 Å². The number of hydrogen-bond donors (Lipinski definition) is 2. The van der Waals surface area contributed by atoms with Crippen LogP contribution in [-0.2, 0) is 4.79 Å². The number of nitrogens with two attached hydrogens (primary N) is 1. The Hall–Kier alpha value is -1.08. The highest BCUT2D eigenvalue weighted by Gasteiger charge is 2.43. The highest BCUT2D eigenvalue weighted by atomic mass is 16.2. The minimum Gasteiger partial charge on any atom is -0.352 e. The number of nitrogens with zero attached hydrogens (tertiary/aromatic N) is 1. The van der Waals surface area contributed by atoms with Gasteiger partial charge in [0.1, 0.15) is 0 Å². The monoisotopic (exact) mass is 209 g/mol. The Morgan fingerprint density at radius 2 is 2.33 bits per heavy atom. The molecule has 0 radical (unpaired) electrons. The summed E-state index contributed by atoms with van der Waals surface area (Å²) in [4.78, 5) is 11.9. The normalized spacial score (nSPS) is 19.8. The quantitative estimate of drug-likeness (QED) is 0.706. The van der Waals surface area contributed by atoms with E-state index in [0.29, 0.717) is 13.0 Å². The Kier molecular flexibility index (Phi) is 4.10. The summed E-state index contributed by atoms with van der Waals surface area (Å²) in [6.07, 6.45) is 4.03. The van der Waals surface area contributed by atoms with Crippen molar-refractivity contribution in [2.75, 3.05) is 6.54 Å². The standard InChI is InChI=1S/C11H19N3O/c1-2-9(4-7-12)14-10(15)11(8-13)5-3-6-11/h9H,2-6,8,13H2,1H3,(H,14,15). The van der Waals surface area contributed by atoms with Gasteiger partial charge in [-0.15, -0.1) is 0 Å². The van der Waals surface area contributed by atoms with Gasteiger partial charge in [0, 0.05) is 12.6 Å². The fraction of sp³-hybridized carbons (Fsp3) is 0.818. The molecular weight excluding hydrogens is 190 g/mol. The lowest BCUT2D eigenvalue weighted by atomic mass is 9.68. The van der Waals surface area contributed by atoms with Crippen LogP contribution >= 0.6 is 0 Å². The summed E-state index contributed by atoms with van der Waals surface area (Å²) in [5.41, 5.74) is 5.30. The first kappa shape index (κ1) is 12.0. The second-order valence-electron chi connectivity index (χ2n) is 4.28. The Morgan fingerprint density at radius 3 is 2.67 bits per heavy atom. The predicted octanol–water partition coefficient (Wildman–Crippen LogP) is 0.924. The Bertz CT molecular complexity index is 260. The first-order valence-electron chi connectivity index (χ1n) is 5.56. The van der Waals surface area contributed by atoms with Crippen LogP contribution in [0.25, 0.3) is 0 Å². The van der Waals surface area contributed by atoms with Gasteiger partial charge in [0.25, 0.3) is 0 Å². The first-order valence-corrected chi connectivity index (χ1v) is 5.56. The summed E-state index contributed by atoms with van der Waals surface area (Å²) in [6, 6.07) is 2.06. The van der Waals surface area contributed by atoms with Crippen LogP contribution in [-0.4, -0.2) is 18.5 Å². The summed E-state index contributed by atoms with van der Waals surface area (Å²) in [5, 5.41) is 11.5. The van der Waals surface area contributed by atoms with Gasteiger partial charge in [-0.05, 0) is 19.3 Å². The lowest BCUT2D eigenvalue weighted by Crippen LogP contribution is -2.52. The summed E-state index contributed by atoms with van der Waals surface area (Å²) >= 11 is 0. The van der Waals surface area contributed by atoms with Gasteiger partial charge < -0.3 is 11.1 Å². The van der Waals surface area contributed by atoms with E-state index >= 15 is 0 Å². The molecule has 4 heteroatoms. The zero-order chi connectivity index (χ0) is 11.3. The molecule has 4 nitrogen and oxygen atoms in total. The molecule has 1 saturated carbocycles. The van der Waals surface area contributed by atoms with Crippen LogP contribution in [0.2, 0.25) is 0 Å². The van der Waals surface area contributed by atoms with Crippen molar-refractivity contribution in [3.8, 4) is 6.07 Å². The second kappa shape index (κ2) is 5.13. The minimum absolute atomic E-state index is 0.0217. The van der Waals surface area contributed by atoms with Gasteiger partial charge >= 0.3 is 0 Å². The zero-order valence-electron chi connectivity index (χ0n) is 9.25. The third-order valence-corrected chi connectivity index (χ3v) is 3.35. The molecule has 84 valence electrons. The maximum absolute atomic E-state index is 11.9. The molecule has 0 spiro atoms. The van der Waals surface area contributed by atoms with Crippen molar-refractivity contribution >= 4 is 5.91 Å². The molecule has 0 heterocycles. The third kappa shape index (κ3) is 2.48. The SMILES string of the molecule is CCC(CC#N)NC(=O)C1(CN)CCC1. The van der Waals surface area contributed by atoms with Crippen molar-refractivity contribution in [3.63, 3.8) is 0 Å². The first-order chi connectivity index (χ1) is 7.18. The number of nitrogens with one attached hydrogen (secondary N) is 1. The largest absolute Gasteiger partial charge is 0.352 e. The second-order valence-corrected chi connectivity index (χ2v) is 4.28. The molecule has 1 unspecified atom stereocenters. The lowest BCUT2D eigenvalue weighted by molar-refractivity contribution is -0.135. The molecule has 0 bridgehead atoms. The van der Waals surface area contributed by atoms with Gasteiger partial charge in [-0.2, -0.15) is 5.26 Å². The van der Waals surface area contributed by atoms with Crippen molar-refractivity contribution in [2.24, 2.45) is 11.1 Å². The summed E-state index contributed by atoms with van der Waals surface area (Å²) in [5.74, 6) is 0.0401. The molecule has 1 amide bonds. The van der Waals surface area contributed by atoms with E-state index in [-0.39, 0.29) is 17.4 Å². The van der Waals surface area contributed by atoms with E-state index < -0.39 is 0 Å². The van der Waals surface area contributed by atoms with E-state index in [9.17, 15) is 4.79 Å². The van der Waals surface area contributed by atoms with Gasteiger partial charge in [0.05, 0.1) is 17.9 Å². The highest BCUT2D eigenvalue weighted by molar-refractivity contribution is 5.84. The van der Waals surface area contributed by atoms with Crippen LogP contribution in [0.5, 0.6) is 0 Å². The van der Waals surface area contributed by atoms with Crippen LogP contribution < -0.4 is 11.1 Å². The van der Waals surface area contributed by atoms with Gasteiger partial charge in [0.2, 0.25) is 5.91 Å². The Labute approximate surface area is 90.8 Å². The molecule has 1 aliphatic rings. The maximum atomic E-state index is 11.9. The van der Waals surface area contributed by atoms with Gasteiger partial charge in [-0.25, -0.2) is 0 Å². The molecule has 3 N–H and O–H groups in total. The smallest absolute Gasteiger partial charge is 0.227 e. The molecule has 0 aromatic heterocycles. The average molecular weight is 209 g/mol. The average Bonchev–Trinajstić information content (AvgIpc) is 2.16. The van der Waals surface area contributed by atoms with E-state index in [1.807, 2.05) is 6.92 Å². The van der Waals surface area contributed by atoms with Crippen LogP contribution in [0.15, 0.2) is 0 Å². The van der Waals surface area contributed by atoms with E-state index in [0.717, 1.165) is 25.7 Å². The number of carbonyl (C=O) groups excluding carboxylic acids is 1. The number of nitriles is 1. The predicted molar refractivity (Wildman–Crippen MR) is 57.8 cm³/mol. The Morgan fingerprint density at radius 1 is 1.67 bits per heavy atom. The molecular formula is C11H19N3O. The molecule has 1 rings (SSSR count). The Balaban J connectivity index is 2.50. The fourth-order valence-corrected chi connectivity index (χ4v) is 1.87. The maximum Gasteiger partial charge on any atom is 0.227 e.